The van der Waals surface area contributed by atoms with Gasteiger partial charge in [-0.25, -0.2) is 5.48 Å². The predicted molar refractivity (Wildman–Crippen MR) is 74.8 cm³/mol. The van der Waals surface area contributed by atoms with E-state index >= 15 is 0 Å². The standard InChI is InChI=1S/C15H14N2O3/c1-10-2-4-11(5-3-10)14(18)16-13-8-6-12(7-9-13)15(19)17-20/h2-9,20H,1H3,(H,16,18)(H,17,19). The van der Waals surface area contributed by atoms with E-state index in [-0.39, 0.29) is 5.91 Å². The number of hydroxylamine groups is 1. The molecule has 0 atom stereocenters. The molecule has 0 aliphatic carbocycles. The van der Waals surface area contributed by atoms with Crippen LogP contribution in [0.15, 0.2) is 48.5 Å². The third-order valence-electron chi connectivity index (χ3n) is 2.82. The van der Waals surface area contributed by atoms with Crippen LogP contribution in [0.3, 0.4) is 0 Å². The van der Waals surface area contributed by atoms with E-state index in [2.05, 4.69) is 5.32 Å². The van der Waals surface area contributed by atoms with Gasteiger partial charge in [-0.15, -0.1) is 0 Å². The van der Waals surface area contributed by atoms with Gasteiger partial charge in [0.25, 0.3) is 11.8 Å². The molecule has 0 saturated heterocycles. The van der Waals surface area contributed by atoms with E-state index in [1.807, 2.05) is 19.1 Å². The van der Waals surface area contributed by atoms with Crippen LogP contribution in [0.25, 0.3) is 0 Å². The fourth-order valence-electron chi connectivity index (χ4n) is 1.68. The van der Waals surface area contributed by atoms with Gasteiger partial charge in [-0.1, -0.05) is 17.7 Å². The van der Waals surface area contributed by atoms with Gasteiger partial charge >= 0.3 is 0 Å². The second-order valence-electron chi connectivity index (χ2n) is 4.34. The minimum Gasteiger partial charge on any atom is -0.322 e. The quantitative estimate of drug-likeness (QED) is 0.592. The summed E-state index contributed by atoms with van der Waals surface area (Å²) in [5.74, 6) is -0.814. The molecule has 0 unspecified atom stereocenters. The second-order valence-corrected chi connectivity index (χ2v) is 4.34. The molecule has 0 aromatic heterocycles. The van der Waals surface area contributed by atoms with E-state index in [4.69, 9.17) is 5.21 Å². The van der Waals surface area contributed by atoms with Crippen molar-refractivity contribution in [1.29, 1.82) is 0 Å². The monoisotopic (exact) mass is 270 g/mol. The van der Waals surface area contributed by atoms with Crippen molar-refractivity contribution in [3.05, 3.63) is 65.2 Å². The maximum atomic E-state index is 12.0. The Hall–Kier alpha value is -2.66. The summed E-state index contributed by atoms with van der Waals surface area (Å²) < 4.78 is 0. The van der Waals surface area contributed by atoms with Gasteiger partial charge < -0.3 is 5.32 Å². The summed E-state index contributed by atoms with van der Waals surface area (Å²) in [5.41, 5.74) is 4.07. The van der Waals surface area contributed by atoms with E-state index in [0.29, 0.717) is 16.8 Å². The van der Waals surface area contributed by atoms with E-state index < -0.39 is 5.91 Å². The Morgan fingerprint density at radius 2 is 1.35 bits per heavy atom. The first kappa shape index (κ1) is 13.8. The Bertz CT molecular complexity index is 619. The largest absolute Gasteiger partial charge is 0.322 e. The van der Waals surface area contributed by atoms with Crippen LogP contribution in [0, 0.1) is 6.92 Å². The van der Waals surface area contributed by atoms with Gasteiger partial charge in [-0.2, -0.15) is 0 Å². The maximum absolute atomic E-state index is 12.0. The number of rotatable bonds is 3. The molecular weight excluding hydrogens is 256 g/mol. The summed E-state index contributed by atoms with van der Waals surface area (Å²) in [6.45, 7) is 1.95. The molecule has 0 aliphatic heterocycles. The van der Waals surface area contributed by atoms with Gasteiger partial charge in [0.2, 0.25) is 0 Å². The summed E-state index contributed by atoms with van der Waals surface area (Å²) in [6.07, 6.45) is 0. The van der Waals surface area contributed by atoms with E-state index in [1.54, 1.807) is 29.7 Å². The Morgan fingerprint density at radius 3 is 1.90 bits per heavy atom. The van der Waals surface area contributed by atoms with Crippen molar-refractivity contribution in [2.75, 3.05) is 5.32 Å². The number of nitrogens with one attached hydrogen (secondary N) is 2. The molecule has 5 heteroatoms. The molecule has 2 aromatic carbocycles. The summed E-state index contributed by atoms with van der Waals surface area (Å²) in [7, 11) is 0. The Kier molecular flexibility index (Phi) is 4.12. The first-order valence-corrected chi connectivity index (χ1v) is 6.02. The van der Waals surface area contributed by atoms with Gasteiger partial charge in [-0.3, -0.25) is 14.8 Å². The molecule has 102 valence electrons. The lowest BCUT2D eigenvalue weighted by Gasteiger charge is -2.06. The zero-order valence-corrected chi connectivity index (χ0v) is 10.9. The third-order valence-corrected chi connectivity index (χ3v) is 2.82. The Balaban J connectivity index is 2.08. The van der Waals surface area contributed by atoms with Crippen molar-refractivity contribution in [2.45, 2.75) is 6.92 Å². The lowest BCUT2D eigenvalue weighted by atomic mass is 10.1. The molecule has 0 heterocycles. The topological polar surface area (TPSA) is 78.4 Å². The van der Waals surface area contributed by atoms with Gasteiger partial charge in [0.1, 0.15) is 0 Å². The molecular formula is C15H14N2O3. The highest BCUT2D eigenvalue weighted by Gasteiger charge is 2.07. The summed E-state index contributed by atoms with van der Waals surface area (Å²) >= 11 is 0. The smallest absolute Gasteiger partial charge is 0.274 e. The highest BCUT2D eigenvalue weighted by molar-refractivity contribution is 6.04. The number of benzene rings is 2. The Morgan fingerprint density at radius 1 is 0.850 bits per heavy atom. The molecule has 0 bridgehead atoms. The zero-order valence-electron chi connectivity index (χ0n) is 10.9. The van der Waals surface area contributed by atoms with E-state index in [9.17, 15) is 9.59 Å². The number of carbonyl (C=O) groups is 2. The number of amides is 2. The molecule has 2 rings (SSSR count). The average Bonchev–Trinajstić information content (AvgIpc) is 2.48. The third kappa shape index (κ3) is 3.21. The minimum atomic E-state index is -0.596. The van der Waals surface area contributed by atoms with Crippen LogP contribution in [0.2, 0.25) is 0 Å². The second kappa shape index (κ2) is 5.99. The minimum absolute atomic E-state index is 0.218. The van der Waals surface area contributed by atoms with Crippen molar-refractivity contribution in [3.63, 3.8) is 0 Å². The van der Waals surface area contributed by atoms with E-state index in [0.717, 1.165) is 5.56 Å². The van der Waals surface area contributed by atoms with Crippen LogP contribution in [-0.2, 0) is 0 Å². The summed E-state index contributed by atoms with van der Waals surface area (Å²) in [6, 6.07) is 13.4. The number of aryl methyl sites for hydroxylation is 1. The van der Waals surface area contributed by atoms with Crippen LogP contribution in [-0.4, -0.2) is 17.0 Å². The molecule has 0 fully saturated rings. The predicted octanol–water partition coefficient (Wildman–Crippen LogP) is 2.37. The number of hydrogen-bond donors (Lipinski definition) is 3. The van der Waals surface area contributed by atoms with E-state index in [1.165, 1.54) is 12.1 Å². The van der Waals surface area contributed by atoms with Crippen molar-refractivity contribution in [2.24, 2.45) is 0 Å². The number of anilines is 1. The lowest BCUT2D eigenvalue weighted by Crippen LogP contribution is -2.18. The fraction of sp³-hybridized carbons (Fsp3) is 0.0667. The Labute approximate surface area is 116 Å². The van der Waals surface area contributed by atoms with Gasteiger partial charge in [0.15, 0.2) is 0 Å². The fourth-order valence-corrected chi connectivity index (χ4v) is 1.68. The highest BCUT2D eigenvalue weighted by Crippen LogP contribution is 2.12. The molecule has 2 aromatic rings. The molecule has 0 saturated carbocycles. The molecule has 2 amide bonds. The number of carbonyl (C=O) groups excluding carboxylic acids is 2. The van der Waals surface area contributed by atoms with Crippen LogP contribution in [0.1, 0.15) is 26.3 Å². The van der Waals surface area contributed by atoms with Crippen molar-refractivity contribution < 1.29 is 14.8 Å². The number of hydrogen-bond acceptors (Lipinski definition) is 3. The lowest BCUT2D eigenvalue weighted by molar-refractivity contribution is 0.0706. The summed E-state index contributed by atoms with van der Waals surface area (Å²) in [5, 5.41) is 11.2. The van der Waals surface area contributed by atoms with Crippen molar-refractivity contribution in [3.8, 4) is 0 Å². The van der Waals surface area contributed by atoms with Crippen LogP contribution < -0.4 is 10.8 Å². The first-order valence-electron chi connectivity index (χ1n) is 6.02. The molecule has 20 heavy (non-hydrogen) atoms. The summed E-state index contributed by atoms with van der Waals surface area (Å²) in [4.78, 5) is 23.1. The molecule has 5 nitrogen and oxygen atoms in total. The van der Waals surface area contributed by atoms with Gasteiger partial charge in [0, 0.05) is 16.8 Å². The average molecular weight is 270 g/mol. The van der Waals surface area contributed by atoms with Gasteiger partial charge in [0.05, 0.1) is 0 Å². The molecule has 0 aliphatic rings. The van der Waals surface area contributed by atoms with Crippen LogP contribution in [0.4, 0.5) is 5.69 Å². The molecule has 0 spiro atoms. The van der Waals surface area contributed by atoms with Crippen LogP contribution >= 0.6 is 0 Å². The first-order chi connectivity index (χ1) is 9.60. The molecule has 0 radical (unpaired) electrons. The normalized spacial score (nSPS) is 9.90. The van der Waals surface area contributed by atoms with Gasteiger partial charge in [-0.05, 0) is 43.3 Å². The zero-order chi connectivity index (χ0) is 14.5. The van der Waals surface area contributed by atoms with Crippen molar-refractivity contribution in [1.82, 2.24) is 5.48 Å². The van der Waals surface area contributed by atoms with Crippen molar-refractivity contribution >= 4 is 17.5 Å². The van der Waals surface area contributed by atoms with Crippen LogP contribution in [0.5, 0.6) is 0 Å². The highest BCUT2D eigenvalue weighted by atomic mass is 16.5. The SMILES string of the molecule is Cc1ccc(C(=O)Nc2ccc(C(=O)NO)cc2)cc1. The maximum Gasteiger partial charge on any atom is 0.274 e. The molecule has 3 N–H and O–H groups in total.